The van der Waals surface area contributed by atoms with Gasteiger partial charge in [-0.3, -0.25) is 0 Å². The first-order chi connectivity index (χ1) is 10.4. The number of thioether (sulfide) groups is 1. The molecule has 106 valence electrons. The van der Waals surface area contributed by atoms with Crippen molar-refractivity contribution in [3.63, 3.8) is 0 Å². The van der Waals surface area contributed by atoms with Gasteiger partial charge in [0.15, 0.2) is 4.34 Å². The number of hydrogen-bond donors (Lipinski definition) is 1. The Kier molecular flexibility index (Phi) is 4.94. The van der Waals surface area contributed by atoms with Crippen LogP contribution in [0.15, 0.2) is 40.1 Å². The van der Waals surface area contributed by atoms with Gasteiger partial charge in [0, 0.05) is 22.6 Å². The van der Waals surface area contributed by atoms with Gasteiger partial charge in [-0.05, 0) is 23.6 Å². The molecule has 2 heterocycles. The Balaban J connectivity index is 1.70. The zero-order valence-corrected chi connectivity index (χ0v) is 13.7. The highest BCUT2D eigenvalue weighted by Crippen LogP contribution is 2.33. The van der Waals surface area contributed by atoms with Gasteiger partial charge in [0.05, 0.1) is 16.8 Å². The number of aromatic nitrogens is 1. The van der Waals surface area contributed by atoms with E-state index in [0.717, 1.165) is 21.2 Å². The van der Waals surface area contributed by atoms with Crippen molar-refractivity contribution < 1.29 is 5.11 Å². The molecule has 0 aliphatic rings. The first kappa shape index (κ1) is 14.6. The SMILES string of the molecule is OCCC#Cc1ccsc1CSc1nc2ccccc2s1. The minimum atomic E-state index is 0.118. The molecule has 0 saturated carbocycles. The Hall–Kier alpha value is -1.32. The van der Waals surface area contributed by atoms with Crippen LogP contribution in [0.5, 0.6) is 0 Å². The van der Waals surface area contributed by atoms with Crippen molar-refractivity contribution in [3.8, 4) is 11.8 Å². The minimum absolute atomic E-state index is 0.118. The van der Waals surface area contributed by atoms with E-state index in [-0.39, 0.29) is 6.61 Å². The molecule has 0 aliphatic heterocycles. The number of aliphatic hydroxyl groups excluding tert-OH is 1. The van der Waals surface area contributed by atoms with Crippen molar-refractivity contribution in [3.05, 3.63) is 46.2 Å². The molecule has 1 aromatic carbocycles. The van der Waals surface area contributed by atoms with Gasteiger partial charge in [0.1, 0.15) is 0 Å². The second kappa shape index (κ2) is 7.10. The zero-order chi connectivity index (χ0) is 14.5. The molecule has 0 radical (unpaired) electrons. The van der Waals surface area contributed by atoms with E-state index in [2.05, 4.69) is 28.3 Å². The molecule has 2 aromatic heterocycles. The highest BCUT2D eigenvalue weighted by Gasteiger charge is 2.07. The first-order valence-corrected chi connectivity index (χ1v) is 9.19. The summed E-state index contributed by atoms with van der Waals surface area (Å²) in [5, 5.41) is 10.8. The molecule has 2 nitrogen and oxygen atoms in total. The molecule has 0 spiro atoms. The number of para-hydroxylation sites is 1. The van der Waals surface area contributed by atoms with Gasteiger partial charge in [-0.15, -0.1) is 22.7 Å². The van der Waals surface area contributed by atoms with Crippen molar-refractivity contribution in [2.75, 3.05) is 6.61 Å². The standard InChI is InChI=1S/C16H13NOS3/c18-9-4-3-5-12-8-10-19-15(12)11-20-16-17-13-6-1-2-7-14(13)21-16/h1-2,6-8,10,18H,4,9,11H2. The monoisotopic (exact) mass is 331 g/mol. The summed E-state index contributed by atoms with van der Waals surface area (Å²) in [6.45, 7) is 0.118. The molecular formula is C16H13NOS3. The third-order valence-corrected chi connectivity index (χ3v) is 6.12. The average molecular weight is 331 g/mol. The highest BCUT2D eigenvalue weighted by molar-refractivity contribution is 8.00. The van der Waals surface area contributed by atoms with Crippen LogP contribution >= 0.6 is 34.4 Å². The van der Waals surface area contributed by atoms with Crippen molar-refractivity contribution in [2.45, 2.75) is 16.5 Å². The van der Waals surface area contributed by atoms with Crippen molar-refractivity contribution >= 4 is 44.7 Å². The van der Waals surface area contributed by atoms with Gasteiger partial charge >= 0.3 is 0 Å². The lowest BCUT2D eigenvalue weighted by molar-refractivity contribution is 0.305. The first-order valence-electron chi connectivity index (χ1n) is 6.51. The molecular weight excluding hydrogens is 318 g/mol. The van der Waals surface area contributed by atoms with Crippen LogP contribution in [0.25, 0.3) is 10.2 Å². The van der Waals surface area contributed by atoms with Gasteiger partial charge in [-0.25, -0.2) is 4.98 Å². The van der Waals surface area contributed by atoms with Gasteiger partial charge < -0.3 is 5.11 Å². The van der Waals surface area contributed by atoms with Crippen LogP contribution in [-0.2, 0) is 5.75 Å². The summed E-state index contributed by atoms with van der Waals surface area (Å²) in [6.07, 6.45) is 0.528. The number of hydrogen-bond acceptors (Lipinski definition) is 5. The van der Waals surface area contributed by atoms with E-state index in [1.54, 1.807) is 34.4 Å². The third kappa shape index (κ3) is 3.66. The molecule has 1 N–H and O–H groups in total. The number of rotatable bonds is 4. The van der Waals surface area contributed by atoms with Crippen LogP contribution < -0.4 is 0 Å². The van der Waals surface area contributed by atoms with Crippen LogP contribution in [0.3, 0.4) is 0 Å². The maximum absolute atomic E-state index is 8.77. The van der Waals surface area contributed by atoms with E-state index in [1.165, 1.54) is 9.58 Å². The normalized spacial score (nSPS) is 10.5. The lowest BCUT2D eigenvalue weighted by Crippen LogP contribution is -1.81. The Labute approximate surface area is 135 Å². The summed E-state index contributed by atoms with van der Waals surface area (Å²) >= 11 is 5.22. The zero-order valence-electron chi connectivity index (χ0n) is 11.2. The summed E-state index contributed by atoms with van der Waals surface area (Å²) in [5.41, 5.74) is 2.14. The van der Waals surface area contributed by atoms with Gasteiger partial charge in [-0.2, -0.15) is 0 Å². The Morgan fingerprint density at radius 1 is 1.24 bits per heavy atom. The third-order valence-electron chi connectivity index (χ3n) is 2.81. The summed E-state index contributed by atoms with van der Waals surface area (Å²) in [5.74, 6) is 7.00. The van der Waals surface area contributed by atoms with Crippen molar-refractivity contribution in [2.24, 2.45) is 0 Å². The number of thiophene rings is 1. The maximum atomic E-state index is 8.77. The second-order valence-electron chi connectivity index (χ2n) is 4.27. The van der Waals surface area contributed by atoms with Crippen LogP contribution in [0.1, 0.15) is 16.9 Å². The fourth-order valence-electron chi connectivity index (χ4n) is 1.82. The molecule has 0 atom stereocenters. The summed E-state index contributed by atoms with van der Waals surface area (Å²) in [6, 6.07) is 10.3. The predicted octanol–water partition coefficient (Wildman–Crippen LogP) is 4.38. The number of thiazole rings is 1. The molecule has 21 heavy (non-hydrogen) atoms. The topological polar surface area (TPSA) is 33.1 Å². The smallest absolute Gasteiger partial charge is 0.151 e. The van der Waals surface area contributed by atoms with E-state index in [4.69, 9.17) is 5.11 Å². The molecule has 0 aliphatic carbocycles. The summed E-state index contributed by atoms with van der Waals surface area (Å²) in [4.78, 5) is 5.90. The fraction of sp³-hybridized carbons (Fsp3) is 0.188. The van der Waals surface area contributed by atoms with E-state index >= 15 is 0 Å². The number of nitrogens with zero attached hydrogens (tertiary/aromatic N) is 1. The van der Waals surface area contributed by atoms with Gasteiger partial charge in [-0.1, -0.05) is 35.7 Å². The minimum Gasteiger partial charge on any atom is -0.395 e. The predicted molar refractivity (Wildman–Crippen MR) is 92.1 cm³/mol. The lowest BCUT2D eigenvalue weighted by atomic mass is 10.2. The van der Waals surface area contributed by atoms with Gasteiger partial charge in [0.2, 0.25) is 0 Å². The molecule has 3 aromatic rings. The van der Waals surface area contributed by atoms with E-state index < -0.39 is 0 Å². The molecule has 0 fully saturated rings. The van der Waals surface area contributed by atoms with Crippen LogP contribution in [0.2, 0.25) is 0 Å². The number of benzene rings is 1. The molecule has 5 heteroatoms. The summed E-state index contributed by atoms with van der Waals surface area (Å²) in [7, 11) is 0. The number of fused-ring (bicyclic) bond motifs is 1. The van der Waals surface area contributed by atoms with Crippen molar-refractivity contribution in [1.82, 2.24) is 4.98 Å². The van der Waals surface area contributed by atoms with E-state index in [0.29, 0.717) is 6.42 Å². The quantitative estimate of drug-likeness (QED) is 0.569. The lowest BCUT2D eigenvalue weighted by Gasteiger charge is -1.96. The van der Waals surface area contributed by atoms with Crippen LogP contribution in [0, 0.1) is 11.8 Å². The fourth-order valence-corrected chi connectivity index (χ4v) is 4.83. The average Bonchev–Trinajstić information content (AvgIpc) is 3.11. The molecule has 0 amide bonds. The largest absolute Gasteiger partial charge is 0.395 e. The Morgan fingerprint density at radius 2 is 2.14 bits per heavy atom. The maximum Gasteiger partial charge on any atom is 0.151 e. The Morgan fingerprint density at radius 3 is 3.00 bits per heavy atom. The molecule has 0 unspecified atom stereocenters. The van der Waals surface area contributed by atoms with E-state index in [1.807, 2.05) is 24.3 Å². The van der Waals surface area contributed by atoms with Crippen molar-refractivity contribution in [1.29, 1.82) is 0 Å². The number of aliphatic hydroxyl groups is 1. The molecule has 0 saturated heterocycles. The molecule has 0 bridgehead atoms. The highest BCUT2D eigenvalue weighted by atomic mass is 32.2. The molecule has 3 rings (SSSR count). The Bertz CT molecular complexity index is 761. The van der Waals surface area contributed by atoms with Crippen LogP contribution in [-0.4, -0.2) is 16.7 Å². The van der Waals surface area contributed by atoms with E-state index in [9.17, 15) is 0 Å². The second-order valence-corrected chi connectivity index (χ2v) is 7.52. The van der Waals surface area contributed by atoms with Gasteiger partial charge in [0.25, 0.3) is 0 Å². The van der Waals surface area contributed by atoms with Crippen LogP contribution in [0.4, 0.5) is 0 Å². The summed E-state index contributed by atoms with van der Waals surface area (Å²) < 4.78 is 2.33.